The fourth-order valence-electron chi connectivity index (χ4n) is 12.5. The van der Waals surface area contributed by atoms with Crippen LogP contribution in [0.3, 0.4) is 0 Å². The van der Waals surface area contributed by atoms with Gasteiger partial charge in [0.15, 0.2) is 0 Å². The second-order valence-corrected chi connectivity index (χ2v) is 19.7. The van der Waals surface area contributed by atoms with E-state index in [4.69, 9.17) is 18.9 Å². The first-order valence-electron chi connectivity index (χ1n) is 24.7. The molecular weight excluding hydrogens is 793 g/mol. The Morgan fingerprint density at radius 2 is 0.672 bits per heavy atom. The Morgan fingerprint density at radius 3 is 0.891 bits per heavy atom. The van der Waals surface area contributed by atoms with Crippen LogP contribution in [0.15, 0.2) is 48.5 Å². The molecule has 4 aromatic rings. The predicted octanol–water partition coefficient (Wildman–Crippen LogP) is 10.6. The van der Waals surface area contributed by atoms with Crippen molar-refractivity contribution < 1.29 is 18.9 Å². The van der Waals surface area contributed by atoms with Crippen molar-refractivity contribution in [3.05, 3.63) is 115 Å². The molecule has 0 aliphatic carbocycles. The number of fused-ring (bicyclic) bond motifs is 4. The van der Waals surface area contributed by atoms with Crippen molar-refractivity contribution in [1.82, 2.24) is 21.3 Å². The highest BCUT2D eigenvalue weighted by Gasteiger charge is 2.40. The van der Waals surface area contributed by atoms with Crippen LogP contribution in [-0.4, -0.2) is 54.6 Å². The highest BCUT2D eigenvalue weighted by Crippen LogP contribution is 2.48. The smallest absolute Gasteiger partial charge is 0.122 e. The minimum atomic E-state index is 0.249. The van der Waals surface area contributed by atoms with Crippen molar-refractivity contribution in [2.45, 2.75) is 130 Å². The minimum absolute atomic E-state index is 0.249. The van der Waals surface area contributed by atoms with Gasteiger partial charge in [0, 0.05) is 24.2 Å². The Balaban J connectivity index is 1.11. The molecule has 4 aromatic carbocycles. The van der Waals surface area contributed by atoms with Gasteiger partial charge in [-0.05, 0) is 207 Å². The molecular formula is C56H78N4O4. The summed E-state index contributed by atoms with van der Waals surface area (Å²) < 4.78 is 23.4. The van der Waals surface area contributed by atoms with Crippen molar-refractivity contribution in [2.75, 3.05) is 54.6 Å². The lowest BCUT2D eigenvalue weighted by atomic mass is 9.71. The van der Waals surface area contributed by atoms with Crippen LogP contribution < -0.4 is 40.2 Å². The summed E-state index contributed by atoms with van der Waals surface area (Å²) in [4.78, 5) is 0. The Morgan fingerprint density at radius 1 is 0.422 bits per heavy atom. The van der Waals surface area contributed by atoms with E-state index in [2.05, 4.69) is 111 Å². The first-order valence-corrected chi connectivity index (χ1v) is 24.7. The summed E-state index contributed by atoms with van der Waals surface area (Å²) in [5.41, 5.74) is 16.4. The lowest BCUT2D eigenvalue weighted by Gasteiger charge is -2.43. The van der Waals surface area contributed by atoms with E-state index in [0.717, 1.165) is 87.7 Å². The third-order valence-corrected chi connectivity index (χ3v) is 16.1. The first kappa shape index (κ1) is 46.4. The summed E-state index contributed by atoms with van der Waals surface area (Å²) in [6, 6.07) is 20.0. The van der Waals surface area contributed by atoms with Crippen LogP contribution in [-0.2, 0) is 25.7 Å². The van der Waals surface area contributed by atoms with E-state index in [-0.39, 0.29) is 24.2 Å². The molecule has 0 saturated heterocycles. The molecule has 0 amide bonds. The van der Waals surface area contributed by atoms with Gasteiger partial charge >= 0.3 is 0 Å². The molecule has 0 aromatic heterocycles. The van der Waals surface area contributed by atoms with Gasteiger partial charge in [-0.3, -0.25) is 0 Å². The average Bonchev–Trinajstić information content (AvgIpc) is 3.31. The van der Waals surface area contributed by atoms with Crippen LogP contribution in [0.4, 0.5) is 0 Å². The molecule has 4 aliphatic rings. The maximum atomic E-state index is 5.86. The van der Waals surface area contributed by atoms with Gasteiger partial charge in [-0.2, -0.15) is 0 Å². The zero-order chi connectivity index (χ0) is 45.1. The van der Waals surface area contributed by atoms with Crippen molar-refractivity contribution in [3.63, 3.8) is 0 Å². The van der Waals surface area contributed by atoms with E-state index >= 15 is 0 Å². The molecule has 6 atom stereocenters. The highest BCUT2D eigenvalue weighted by atomic mass is 16.5. The molecule has 4 aliphatic heterocycles. The molecule has 8 heteroatoms. The Kier molecular flexibility index (Phi) is 15.0. The number of rotatable bonds is 17. The third kappa shape index (κ3) is 9.45. The number of hydrogen-bond acceptors (Lipinski definition) is 8. The van der Waals surface area contributed by atoms with Gasteiger partial charge in [0.2, 0.25) is 0 Å². The topological polar surface area (TPSA) is 85.0 Å². The largest absolute Gasteiger partial charge is 0.496 e. The van der Waals surface area contributed by atoms with E-state index in [1.54, 1.807) is 28.4 Å². The van der Waals surface area contributed by atoms with Crippen LogP contribution >= 0.6 is 0 Å². The summed E-state index contributed by atoms with van der Waals surface area (Å²) in [6.07, 6.45) is 11.3. The van der Waals surface area contributed by atoms with Gasteiger partial charge in [0.1, 0.15) is 23.0 Å². The van der Waals surface area contributed by atoms with Crippen LogP contribution in [0.5, 0.6) is 23.0 Å². The summed E-state index contributed by atoms with van der Waals surface area (Å²) in [5.74, 6) is 5.95. The molecule has 0 spiro atoms. The summed E-state index contributed by atoms with van der Waals surface area (Å²) in [5, 5.41) is 16.5. The molecule has 0 radical (unpaired) electrons. The molecule has 0 bridgehead atoms. The summed E-state index contributed by atoms with van der Waals surface area (Å²) in [7, 11) is 7.22. The van der Waals surface area contributed by atoms with Crippen LogP contribution in [0.1, 0.15) is 143 Å². The molecule has 0 saturated carbocycles. The normalized spacial score (nSPS) is 22.2. The van der Waals surface area contributed by atoms with E-state index < -0.39 is 0 Å². The van der Waals surface area contributed by atoms with Crippen molar-refractivity contribution in [1.29, 1.82) is 0 Å². The predicted molar refractivity (Wildman–Crippen MR) is 262 cm³/mol. The van der Waals surface area contributed by atoms with Crippen molar-refractivity contribution in [3.8, 4) is 23.0 Å². The monoisotopic (exact) mass is 871 g/mol. The van der Waals surface area contributed by atoms with Crippen LogP contribution in [0.2, 0.25) is 0 Å². The zero-order valence-electron chi connectivity index (χ0n) is 40.8. The standard InChI is InChI=1S/C56H78N4O4/c1-11-37(27-47(53-43-23-33(3)49(61-7)29-39(43)15-19-57-53)54-44-24-34(4)50(62-8)30-40(44)16-20-58-54)13-14-38(12-2)28-48(55-45-25-35(5)51(63-9)31-41(45)17-21-59-55)56-46-26-36(6)52(64-10)32-42(46)18-22-60-56/h23-26,29-32,37-38,47-48,53-60H,11-22,27-28H2,1-10H3. The molecule has 8 nitrogen and oxygen atoms in total. The van der Waals surface area contributed by atoms with Crippen LogP contribution in [0, 0.1) is 51.4 Å². The maximum absolute atomic E-state index is 5.86. The molecule has 8 rings (SSSR count). The molecule has 64 heavy (non-hydrogen) atoms. The second-order valence-electron chi connectivity index (χ2n) is 19.7. The lowest BCUT2D eigenvalue weighted by molar-refractivity contribution is 0.182. The van der Waals surface area contributed by atoms with Crippen molar-refractivity contribution >= 4 is 0 Å². The number of benzene rings is 4. The number of methoxy groups -OCH3 is 4. The molecule has 0 fully saturated rings. The highest BCUT2D eigenvalue weighted by molar-refractivity contribution is 5.49. The quantitative estimate of drug-likeness (QED) is 0.0835. The fraction of sp³-hybridized carbons (Fsp3) is 0.571. The Labute approximate surface area is 385 Å². The molecule has 346 valence electrons. The summed E-state index contributed by atoms with van der Waals surface area (Å²) in [6.45, 7) is 17.6. The van der Waals surface area contributed by atoms with E-state index in [9.17, 15) is 0 Å². The number of aryl methyl sites for hydroxylation is 4. The van der Waals surface area contributed by atoms with Crippen LogP contribution in [0.25, 0.3) is 0 Å². The molecule has 6 unspecified atom stereocenters. The minimum Gasteiger partial charge on any atom is -0.496 e. The number of ether oxygens (including phenoxy) is 4. The SMILES string of the molecule is CCC(CCC(CC)CC(C1NCCc2cc(OC)c(C)cc21)C1NCCc2cc(OC)c(C)cc21)CC(C1NCCc2cc(OC)c(C)cc21)C1NCCc2cc(OC)c(C)cc21. The number of hydrogen-bond donors (Lipinski definition) is 4. The molecule has 4 N–H and O–H groups in total. The second kappa shape index (κ2) is 20.6. The first-order chi connectivity index (χ1) is 31.1. The lowest BCUT2D eigenvalue weighted by Crippen LogP contribution is -2.44. The van der Waals surface area contributed by atoms with E-state index in [1.165, 1.54) is 92.4 Å². The van der Waals surface area contributed by atoms with Gasteiger partial charge < -0.3 is 40.2 Å². The van der Waals surface area contributed by atoms with E-state index in [0.29, 0.717) is 23.7 Å². The van der Waals surface area contributed by atoms with Gasteiger partial charge in [-0.15, -0.1) is 0 Å². The van der Waals surface area contributed by atoms with Crippen molar-refractivity contribution in [2.24, 2.45) is 23.7 Å². The van der Waals surface area contributed by atoms with Gasteiger partial charge in [-0.1, -0.05) is 63.8 Å². The third-order valence-electron chi connectivity index (χ3n) is 16.1. The fourth-order valence-corrected chi connectivity index (χ4v) is 12.5. The maximum Gasteiger partial charge on any atom is 0.122 e. The summed E-state index contributed by atoms with van der Waals surface area (Å²) >= 11 is 0. The van der Waals surface area contributed by atoms with Gasteiger partial charge in [-0.25, -0.2) is 0 Å². The molecule has 4 heterocycles. The Hall–Kier alpha value is -4.08. The zero-order valence-corrected chi connectivity index (χ0v) is 40.8. The van der Waals surface area contributed by atoms with Gasteiger partial charge in [0.25, 0.3) is 0 Å². The van der Waals surface area contributed by atoms with Gasteiger partial charge in [0.05, 0.1) is 28.4 Å². The Bertz CT molecular complexity index is 1950. The average molecular weight is 871 g/mol. The van der Waals surface area contributed by atoms with E-state index in [1.807, 2.05) is 0 Å². The number of nitrogens with one attached hydrogen (secondary N) is 4.